The van der Waals surface area contributed by atoms with Crippen LogP contribution in [0.25, 0.3) is 10.8 Å². The third-order valence-corrected chi connectivity index (χ3v) is 6.05. The second-order valence-corrected chi connectivity index (χ2v) is 8.40. The lowest BCUT2D eigenvalue weighted by Crippen LogP contribution is -2.30. The average molecular weight is 460 g/mol. The Hall–Kier alpha value is -2.91. The van der Waals surface area contributed by atoms with E-state index in [-0.39, 0.29) is 25.4 Å². The van der Waals surface area contributed by atoms with Gasteiger partial charge in [0.05, 0.1) is 19.3 Å². The topological polar surface area (TPSA) is 118 Å². The van der Waals surface area contributed by atoms with Crippen LogP contribution in [0.1, 0.15) is 12.6 Å². The van der Waals surface area contributed by atoms with Crippen LogP contribution in [-0.2, 0) is 14.1 Å². The highest BCUT2D eigenvalue weighted by molar-refractivity contribution is 7.45. The number of benzene rings is 2. The lowest BCUT2D eigenvalue weighted by molar-refractivity contribution is -0.106. The van der Waals surface area contributed by atoms with Crippen molar-refractivity contribution in [3.8, 4) is 5.75 Å². The Labute approximate surface area is 184 Å². The van der Waals surface area contributed by atoms with Crippen molar-refractivity contribution in [1.82, 2.24) is 14.6 Å². The lowest BCUT2D eigenvalue weighted by atomic mass is 10.1. The number of nitrogens with zero attached hydrogens (tertiary/aromatic N) is 2. The number of fused-ring (bicyclic) bond motifs is 1. The Morgan fingerprint density at radius 1 is 1.28 bits per heavy atom. The van der Waals surface area contributed by atoms with Crippen LogP contribution in [0.3, 0.4) is 0 Å². The van der Waals surface area contributed by atoms with Crippen LogP contribution in [0, 0.1) is 0 Å². The maximum absolute atomic E-state index is 14.5. The number of carbonyl (C=O) groups is 1. The first-order valence-corrected chi connectivity index (χ1v) is 11.1. The molecule has 4 unspecified atom stereocenters. The van der Waals surface area contributed by atoms with Crippen molar-refractivity contribution in [2.24, 2.45) is 0 Å². The molecule has 2 heterocycles. The summed E-state index contributed by atoms with van der Waals surface area (Å²) in [6.45, 7) is 0.0465. The van der Waals surface area contributed by atoms with Gasteiger partial charge in [-0.05, 0) is 29.0 Å². The summed E-state index contributed by atoms with van der Waals surface area (Å²) in [6, 6.07) is 14.8. The van der Waals surface area contributed by atoms with Gasteiger partial charge in [-0.2, -0.15) is 4.98 Å². The van der Waals surface area contributed by atoms with Crippen LogP contribution in [-0.4, -0.2) is 41.3 Å². The smallest absolute Gasteiger partial charge is 0.351 e. The van der Waals surface area contributed by atoms with Gasteiger partial charge in [-0.3, -0.25) is 4.57 Å². The molecule has 1 saturated heterocycles. The number of aromatic nitrogens is 2. The molecule has 3 aromatic rings. The lowest BCUT2D eigenvalue weighted by Gasteiger charge is -2.20. The first-order valence-electron chi connectivity index (χ1n) is 9.94. The molecule has 11 heteroatoms. The molecule has 0 aliphatic carbocycles. The fraction of sp³-hybridized carbons (Fsp3) is 0.286. The van der Waals surface area contributed by atoms with Gasteiger partial charge in [0.15, 0.2) is 6.23 Å². The Morgan fingerprint density at radius 2 is 2.09 bits per heavy atom. The van der Waals surface area contributed by atoms with Gasteiger partial charge in [-0.1, -0.05) is 30.3 Å². The molecular formula is C21H22FN4O5P. The predicted molar refractivity (Wildman–Crippen MR) is 118 cm³/mol. The number of nitrogen functional groups attached to an aromatic ring is 1. The zero-order valence-corrected chi connectivity index (χ0v) is 17.9. The van der Waals surface area contributed by atoms with Crippen LogP contribution in [0.2, 0.25) is 0 Å². The Morgan fingerprint density at radius 3 is 2.88 bits per heavy atom. The van der Waals surface area contributed by atoms with Crippen LogP contribution in [0.4, 0.5) is 10.2 Å². The van der Waals surface area contributed by atoms with E-state index in [9.17, 15) is 14.0 Å². The summed E-state index contributed by atoms with van der Waals surface area (Å²) in [5.41, 5.74) is 4.79. The highest BCUT2D eigenvalue weighted by Gasteiger charge is 2.38. The molecule has 1 aliphatic rings. The Bertz CT molecular complexity index is 1150. The fourth-order valence-corrected chi connectivity index (χ4v) is 4.40. The molecule has 4 rings (SSSR count). The molecule has 4 atom stereocenters. The molecule has 168 valence electrons. The van der Waals surface area contributed by atoms with Gasteiger partial charge >= 0.3 is 14.2 Å². The molecule has 9 nitrogen and oxygen atoms in total. The minimum atomic E-state index is -1.69. The van der Waals surface area contributed by atoms with E-state index >= 15 is 0 Å². The van der Waals surface area contributed by atoms with Crippen molar-refractivity contribution in [1.29, 1.82) is 0 Å². The first-order chi connectivity index (χ1) is 15.5. The maximum atomic E-state index is 14.5. The fourth-order valence-electron chi connectivity index (χ4n) is 3.36. The number of rotatable bonds is 9. The summed E-state index contributed by atoms with van der Waals surface area (Å²) < 4.78 is 33.0. The van der Waals surface area contributed by atoms with E-state index in [1.165, 1.54) is 12.3 Å². The third kappa shape index (κ3) is 5.28. The molecule has 0 bridgehead atoms. The van der Waals surface area contributed by atoms with Crippen molar-refractivity contribution in [2.45, 2.75) is 24.9 Å². The third-order valence-electron chi connectivity index (χ3n) is 4.85. The van der Waals surface area contributed by atoms with Gasteiger partial charge in [0, 0.05) is 12.6 Å². The van der Waals surface area contributed by atoms with Crippen LogP contribution < -0.4 is 21.0 Å². The minimum Gasteiger partial charge on any atom is -0.436 e. The standard InChI is InChI=1S/C21H22FN4O5P/c22-18-12-17(30-20(18)26-9-7-19(23)25-21(26)28)13-29-32(24-8-10-27)31-16-6-5-14-3-1-2-4-15(14)11-16/h1-7,9-11,17-18,20,24H,8,12-13H2,(H2,23,25,28). The first kappa shape index (κ1) is 22.3. The summed E-state index contributed by atoms with van der Waals surface area (Å²) >= 11 is 0. The van der Waals surface area contributed by atoms with E-state index in [4.69, 9.17) is 19.5 Å². The zero-order chi connectivity index (χ0) is 22.5. The number of halogens is 1. The summed E-state index contributed by atoms with van der Waals surface area (Å²) in [5.74, 6) is 0.624. The van der Waals surface area contributed by atoms with Crippen LogP contribution >= 0.6 is 8.53 Å². The minimum absolute atomic E-state index is 0.0131. The predicted octanol–water partition coefficient (Wildman–Crippen LogP) is 2.72. The van der Waals surface area contributed by atoms with Crippen LogP contribution in [0.15, 0.2) is 59.5 Å². The quantitative estimate of drug-likeness (QED) is 0.370. The highest BCUT2D eigenvalue weighted by Crippen LogP contribution is 2.38. The zero-order valence-electron chi connectivity index (χ0n) is 17.0. The summed E-state index contributed by atoms with van der Waals surface area (Å²) in [7, 11) is -1.69. The van der Waals surface area contributed by atoms with Gasteiger partial charge in [-0.25, -0.2) is 14.3 Å². The van der Waals surface area contributed by atoms with E-state index in [1.807, 2.05) is 42.5 Å². The van der Waals surface area contributed by atoms with Gasteiger partial charge in [0.25, 0.3) is 0 Å². The Balaban J connectivity index is 1.39. The molecule has 0 spiro atoms. The number of carbonyl (C=O) groups excluding carboxylic acids is 1. The second-order valence-electron chi connectivity index (χ2n) is 7.12. The average Bonchev–Trinajstić information content (AvgIpc) is 3.15. The van der Waals surface area contributed by atoms with Gasteiger partial charge in [0.1, 0.15) is 24.0 Å². The Kier molecular flexibility index (Phi) is 7.06. The summed E-state index contributed by atoms with van der Waals surface area (Å²) in [6.07, 6.45) is -1.05. The molecular weight excluding hydrogens is 438 g/mol. The summed E-state index contributed by atoms with van der Waals surface area (Å²) in [4.78, 5) is 26.4. The molecule has 32 heavy (non-hydrogen) atoms. The summed E-state index contributed by atoms with van der Waals surface area (Å²) in [5, 5.41) is 4.95. The van der Waals surface area contributed by atoms with E-state index in [0.29, 0.717) is 12.0 Å². The number of anilines is 1. The van der Waals surface area contributed by atoms with Crippen molar-refractivity contribution >= 4 is 31.4 Å². The molecule has 0 saturated carbocycles. The van der Waals surface area contributed by atoms with E-state index in [0.717, 1.165) is 15.3 Å². The van der Waals surface area contributed by atoms with E-state index < -0.39 is 32.7 Å². The molecule has 2 aromatic carbocycles. The number of alkyl halides is 1. The van der Waals surface area contributed by atoms with Crippen molar-refractivity contribution in [3.63, 3.8) is 0 Å². The number of nitrogens with one attached hydrogen (secondary N) is 1. The van der Waals surface area contributed by atoms with E-state index in [2.05, 4.69) is 10.1 Å². The molecule has 1 aromatic heterocycles. The molecule has 3 N–H and O–H groups in total. The monoisotopic (exact) mass is 460 g/mol. The normalized spacial score (nSPS) is 21.5. The molecule has 1 fully saturated rings. The van der Waals surface area contributed by atoms with Crippen LogP contribution in [0.5, 0.6) is 5.75 Å². The number of aldehydes is 1. The SMILES string of the molecule is Nc1ccn(C2OC(COP(NCC=O)Oc3ccc4ccccc4c3)CC2F)c(=O)n1. The van der Waals surface area contributed by atoms with E-state index in [1.54, 1.807) is 0 Å². The largest absolute Gasteiger partial charge is 0.436 e. The molecule has 0 amide bonds. The van der Waals surface area contributed by atoms with Gasteiger partial charge in [-0.15, -0.1) is 0 Å². The molecule has 1 aliphatic heterocycles. The number of ether oxygens (including phenoxy) is 1. The number of hydrogen-bond donors (Lipinski definition) is 2. The molecule has 0 radical (unpaired) electrons. The van der Waals surface area contributed by atoms with Gasteiger partial charge < -0.3 is 24.3 Å². The van der Waals surface area contributed by atoms with Gasteiger partial charge in [0.2, 0.25) is 0 Å². The number of nitrogens with two attached hydrogens (primary N) is 1. The van der Waals surface area contributed by atoms with Crippen molar-refractivity contribution < 1.29 is 23.0 Å². The second kappa shape index (κ2) is 10.1. The van der Waals surface area contributed by atoms with Crippen molar-refractivity contribution in [3.05, 3.63) is 65.2 Å². The van der Waals surface area contributed by atoms with Crippen molar-refractivity contribution in [2.75, 3.05) is 18.9 Å². The maximum Gasteiger partial charge on any atom is 0.351 e. The number of hydrogen-bond acceptors (Lipinski definition) is 8. The highest BCUT2D eigenvalue weighted by atomic mass is 31.2.